The average molecular weight is 206 g/mol. The first-order valence-electron chi connectivity index (χ1n) is 6.20. The van der Waals surface area contributed by atoms with Crippen LogP contribution in [-0.2, 0) is 4.79 Å². The van der Waals surface area contributed by atoms with E-state index in [0.717, 1.165) is 24.8 Å². The van der Waals surface area contributed by atoms with Crippen molar-refractivity contribution >= 4 is 5.78 Å². The van der Waals surface area contributed by atoms with Gasteiger partial charge in [0.2, 0.25) is 0 Å². The molecule has 2 atom stereocenters. The average Bonchev–Trinajstić information content (AvgIpc) is 2.48. The number of hydrogen-bond donors (Lipinski definition) is 0. The standard InChI is InChI=1S/C14H22O/c1-5-6-7-10-11-8-9-14(4,12(10)15)13(11,2)3/h7,11H,5-6,8-9H2,1-4H3/b10-7-/t11-,14-/m1/s1. The number of Topliss-reactive ketones (excluding diaryl/α,β-unsaturated/α-hetero) is 1. The van der Waals surface area contributed by atoms with Gasteiger partial charge in [-0.3, -0.25) is 4.79 Å². The number of carbonyl (C=O) groups excluding carboxylic acids is 1. The molecule has 1 nitrogen and oxygen atoms in total. The minimum atomic E-state index is -0.0722. The number of ketones is 1. The molecular formula is C14H22O. The molecule has 2 saturated carbocycles. The Kier molecular flexibility index (Phi) is 2.33. The molecule has 2 aliphatic carbocycles. The molecule has 0 heterocycles. The number of rotatable bonds is 2. The van der Waals surface area contributed by atoms with E-state index in [1.807, 2.05) is 0 Å². The summed E-state index contributed by atoms with van der Waals surface area (Å²) in [6.07, 6.45) is 6.71. The van der Waals surface area contributed by atoms with Gasteiger partial charge in [0.05, 0.1) is 0 Å². The summed E-state index contributed by atoms with van der Waals surface area (Å²) in [6.45, 7) is 8.88. The van der Waals surface area contributed by atoms with Crippen molar-refractivity contribution in [3.8, 4) is 0 Å². The molecule has 0 aromatic carbocycles. The molecule has 0 spiro atoms. The van der Waals surface area contributed by atoms with E-state index in [1.54, 1.807) is 0 Å². The fourth-order valence-corrected chi connectivity index (χ4v) is 3.46. The van der Waals surface area contributed by atoms with Crippen LogP contribution in [0.25, 0.3) is 0 Å². The summed E-state index contributed by atoms with van der Waals surface area (Å²) in [5, 5.41) is 0. The zero-order valence-corrected chi connectivity index (χ0v) is 10.4. The minimum absolute atomic E-state index is 0.0722. The first-order valence-corrected chi connectivity index (χ1v) is 6.20. The van der Waals surface area contributed by atoms with Gasteiger partial charge in [-0.2, -0.15) is 0 Å². The fraction of sp³-hybridized carbons (Fsp3) is 0.786. The molecule has 0 aromatic heterocycles. The second kappa shape index (κ2) is 3.20. The van der Waals surface area contributed by atoms with Crippen molar-refractivity contribution in [2.75, 3.05) is 0 Å². The van der Waals surface area contributed by atoms with Crippen molar-refractivity contribution in [1.82, 2.24) is 0 Å². The van der Waals surface area contributed by atoms with E-state index < -0.39 is 0 Å². The first-order chi connectivity index (χ1) is 6.95. The van der Waals surface area contributed by atoms with Gasteiger partial charge < -0.3 is 0 Å². The van der Waals surface area contributed by atoms with Gasteiger partial charge in [0.1, 0.15) is 0 Å². The van der Waals surface area contributed by atoms with Crippen molar-refractivity contribution in [3.63, 3.8) is 0 Å². The third kappa shape index (κ3) is 1.18. The zero-order valence-electron chi connectivity index (χ0n) is 10.4. The van der Waals surface area contributed by atoms with Crippen molar-refractivity contribution in [2.24, 2.45) is 16.7 Å². The molecule has 2 aliphatic rings. The molecule has 0 unspecified atom stereocenters. The van der Waals surface area contributed by atoms with Crippen LogP contribution >= 0.6 is 0 Å². The number of fused-ring (bicyclic) bond motifs is 2. The predicted molar refractivity (Wildman–Crippen MR) is 62.6 cm³/mol. The molecule has 2 rings (SSSR count). The molecular weight excluding hydrogens is 184 g/mol. The van der Waals surface area contributed by atoms with E-state index in [2.05, 4.69) is 33.8 Å². The van der Waals surface area contributed by atoms with E-state index in [-0.39, 0.29) is 10.8 Å². The summed E-state index contributed by atoms with van der Waals surface area (Å²) in [4.78, 5) is 12.3. The molecule has 0 radical (unpaired) electrons. The highest BCUT2D eigenvalue weighted by Gasteiger charge is 2.63. The minimum Gasteiger partial charge on any atom is -0.294 e. The van der Waals surface area contributed by atoms with Crippen molar-refractivity contribution in [3.05, 3.63) is 11.6 Å². The number of allylic oxidation sites excluding steroid dienone is 2. The Morgan fingerprint density at radius 1 is 1.40 bits per heavy atom. The summed E-state index contributed by atoms with van der Waals surface area (Å²) in [5.41, 5.74) is 1.26. The lowest BCUT2D eigenvalue weighted by atomic mass is 9.70. The molecule has 84 valence electrons. The monoisotopic (exact) mass is 206 g/mol. The molecule has 2 bridgehead atoms. The maximum Gasteiger partial charge on any atom is 0.165 e. The summed E-state index contributed by atoms with van der Waals surface area (Å²) in [5.74, 6) is 0.971. The normalized spacial score (nSPS) is 40.4. The van der Waals surface area contributed by atoms with Crippen LogP contribution in [0.15, 0.2) is 11.6 Å². The Balaban J connectivity index is 2.38. The number of hydrogen-bond acceptors (Lipinski definition) is 1. The lowest BCUT2D eigenvalue weighted by molar-refractivity contribution is -0.125. The van der Waals surface area contributed by atoms with Crippen LogP contribution in [0.5, 0.6) is 0 Å². The van der Waals surface area contributed by atoms with Crippen LogP contribution in [0.2, 0.25) is 0 Å². The van der Waals surface area contributed by atoms with Gasteiger partial charge >= 0.3 is 0 Å². The highest BCUT2D eigenvalue weighted by atomic mass is 16.1. The maximum absolute atomic E-state index is 12.3. The van der Waals surface area contributed by atoms with Gasteiger partial charge in [-0.05, 0) is 36.2 Å². The highest BCUT2D eigenvalue weighted by molar-refractivity contribution is 6.04. The second-order valence-corrected chi connectivity index (χ2v) is 5.92. The van der Waals surface area contributed by atoms with Crippen LogP contribution in [0, 0.1) is 16.7 Å². The zero-order chi connectivity index (χ0) is 11.3. The van der Waals surface area contributed by atoms with E-state index in [0.29, 0.717) is 11.7 Å². The van der Waals surface area contributed by atoms with Crippen molar-refractivity contribution in [1.29, 1.82) is 0 Å². The van der Waals surface area contributed by atoms with E-state index in [9.17, 15) is 4.79 Å². The van der Waals surface area contributed by atoms with Gasteiger partial charge in [-0.25, -0.2) is 0 Å². The third-order valence-electron chi connectivity index (χ3n) is 5.02. The summed E-state index contributed by atoms with van der Waals surface area (Å²) in [6, 6.07) is 0. The van der Waals surface area contributed by atoms with Gasteiger partial charge in [-0.15, -0.1) is 0 Å². The Bertz CT molecular complexity index is 324. The van der Waals surface area contributed by atoms with Gasteiger partial charge in [0, 0.05) is 5.41 Å². The van der Waals surface area contributed by atoms with Crippen molar-refractivity contribution < 1.29 is 4.79 Å². The van der Waals surface area contributed by atoms with Crippen LogP contribution in [-0.4, -0.2) is 5.78 Å². The Labute approximate surface area is 92.9 Å². The van der Waals surface area contributed by atoms with Gasteiger partial charge in [-0.1, -0.05) is 40.2 Å². The van der Waals surface area contributed by atoms with E-state index in [4.69, 9.17) is 0 Å². The lowest BCUT2D eigenvalue weighted by Gasteiger charge is -2.31. The van der Waals surface area contributed by atoms with Crippen LogP contribution < -0.4 is 0 Å². The van der Waals surface area contributed by atoms with Gasteiger partial charge in [0.15, 0.2) is 5.78 Å². The molecule has 15 heavy (non-hydrogen) atoms. The molecule has 0 saturated heterocycles. The molecule has 0 aromatic rings. The largest absolute Gasteiger partial charge is 0.294 e. The Morgan fingerprint density at radius 2 is 2.07 bits per heavy atom. The molecule has 2 fully saturated rings. The fourth-order valence-electron chi connectivity index (χ4n) is 3.46. The quantitative estimate of drug-likeness (QED) is 0.629. The third-order valence-corrected chi connectivity index (χ3v) is 5.02. The predicted octanol–water partition coefficient (Wildman–Crippen LogP) is 3.74. The molecule has 0 aliphatic heterocycles. The van der Waals surface area contributed by atoms with Crippen molar-refractivity contribution in [2.45, 2.75) is 53.4 Å². The first kappa shape index (κ1) is 10.9. The Morgan fingerprint density at radius 3 is 2.53 bits per heavy atom. The number of unbranched alkanes of at least 4 members (excludes halogenated alkanes) is 1. The van der Waals surface area contributed by atoms with Crippen LogP contribution in [0.3, 0.4) is 0 Å². The summed E-state index contributed by atoms with van der Waals surface area (Å²) in [7, 11) is 0. The molecule has 0 amide bonds. The smallest absolute Gasteiger partial charge is 0.165 e. The maximum atomic E-state index is 12.3. The van der Waals surface area contributed by atoms with Crippen LogP contribution in [0.1, 0.15) is 53.4 Å². The lowest BCUT2D eigenvalue weighted by Crippen LogP contribution is -2.32. The van der Waals surface area contributed by atoms with Gasteiger partial charge in [0.25, 0.3) is 0 Å². The summed E-state index contributed by atoms with van der Waals surface area (Å²) < 4.78 is 0. The van der Waals surface area contributed by atoms with E-state index >= 15 is 0 Å². The molecule has 1 heteroatoms. The highest BCUT2D eigenvalue weighted by Crippen LogP contribution is 2.65. The second-order valence-electron chi connectivity index (χ2n) is 5.92. The topological polar surface area (TPSA) is 17.1 Å². The number of carbonyl (C=O) groups is 1. The summed E-state index contributed by atoms with van der Waals surface area (Å²) >= 11 is 0. The van der Waals surface area contributed by atoms with E-state index in [1.165, 1.54) is 6.42 Å². The SMILES string of the molecule is CCC/C=C1\C(=O)[C@@]2(C)CC[C@H]1C2(C)C. The molecule has 0 N–H and O–H groups in total. The Hall–Kier alpha value is -0.590. The van der Waals surface area contributed by atoms with Crippen LogP contribution in [0.4, 0.5) is 0 Å².